The van der Waals surface area contributed by atoms with Crippen molar-refractivity contribution in [1.29, 1.82) is 0 Å². The van der Waals surface area contributed by atoms with Gasteiger partial charge in [0.15, 0.2) is 0 Å². The Labute approximate surface area is 127 Å². The number of morpholine rings is 1. The van der Waals surface area contributed by atoms with Crippen LogP contribution in [0.1, 0.15) is 33.3 Å². The van der Waals surface area contributed by atoms with Crippen LogP contribution in [0, 0.1) is 0 Å². The molecule has 118 valence electrons. The third-order valence-electron chi connectivity index (χ3n) is 3.14. The molecule has 0 unspecified atom stereocenters. The maximum absolute atomic E-state index is 12.7. The number of anilines is 1. The minimum atomic E-state index is -4.45. The van der Waals surface area contributed by atoms with Crippen LogP contribution in [0.2, 0.25) is 5.02 Å². The Bertz CT molecular complexity index is 528. The molecular weight excluding hydrogens is 305 g/mol. The summed E-state index contributed by atoms with van der Waals surface area (Å²) in [4.78, 5) is 5.78. The van der Waals surface area contributed by atoms with Crippen molar-refractivity contribution < 1.29 is 17.9 Å². The zero-order valence-corrected chi connectivity index (χ0v) is 13.1. The molecule has 0 atom stereocenters. The minimum Gasteiger partial charge on any atom is -0.366 e. The van der Waals surface area contributed by atoms with Gasteiger partial charge in [-0.1, -0.05) is 11.6 Å². The Balaban J connectivity index is 2.34. The average molecular weight is 323 g/mol. The van der Waals surface area contributed by atoms with Crippen molar-refractivity contribution in [2.45, 2.75) is 45.1 Å². The van der Waals surface area contributed by atoms with E-state index in [2.05, 4.69) is 4.98 Å². The van der Waals surface area contributed by atoms with E-state index in [1.807, 2.05) is 32.6 Å². The number of nitrogens with zero attached hydrogens (tertiary/aromatic N) is 2. The molecule has 1 fully saturated rings. The van der Waals surface area contributed by atoms with Gasteiger partial charge in [0.2, 0.25) is 0 Å². The second-order valence-electron chi connectivity index (χ2n) is 6.50. The standard InChI is InChI=1S/C14H18ClF3N2O/c1-12(2)7-20(8-13(3,4)21-12)11-10(15)5-9(6-19-11)14(16,17)18/h5-6H,7-8H2,1-4H3. The van der Waals surface area contributed by atoms with Crippen molar-refractivity contribution in [3.63, 3.8) is 0 Å². The van der Waals surface area contributed by atoms with Crippen LogP contribution in [0.15, 0.2) is 12.3 Å². The van der Waals surface area contributed by atoms with Crippen molar-refractivity contribution >= 4 is 17.4 Å². The number of halogens is 4. The molecule has 0 aromatic carbocycles. The summed E-state index contributed by atoms with van der Waals surface area (Å²) in [5.74, 6) is 0.356. The lowest BCUT2D eigenvalue weighted by atomic mass is 9.99. The molecule has 1 aliphatic heterocycles. The molecule has 0 amide bonds. The SMILES string of the molecule is CC1(C)CN(c2ncc(C(F)(F)F)cc2Cl)CC(C)(C)O1. The minimum absolute atomic E-state index is 0.00155. The van der Waals surface area contributed by atoms with E-state index in [1.165, 1.54) is 0 Å². The number of alkyl halides is 3. The van der Waals surface area contributed by atoms with Crippen molar-refractivity contribution in [3.8, 4) is 0 Å². The van der Waals surface area contributed by atoms with Gasteiger partial charge in [-0.25, -0.2) is 4.98 Å². The quantitative estimate of drug-likeness (QED) is 0.776. The fraction of sp³-hybridized carbons (Fsp3) is 0.643. The summed E-state index contributed by atoms with van der Waals surface area (Å²) in [6.07, 6.45) is -3.63. The summed E-state index contributed by atoms with van der Waals surface area (Å²) in [5, 5.41) is -0.00155. The number of ether oxygens (including phenoxy) is 1. The zero-order valence-electron chi connectivity index (χ0n) is 12.4. The van der Waals surface area contributed by atoms with E-state index >= 15 is 0 Å². The molecule has 0 aliphatic carbocycles. The molecule has 21 heavy (non-hydrogen) atoms. The van der Waals surface area contributed by atoms with Gasteiger partial charge in [-0.3, -0.25) is 0 Å². The van der Waals surface area contributed by atoms with Crippen molar-refractivity contribution in [2.75, 3.05) is 18.0 Å². The Hall–Kier alpha value is -1.01. The molecular formula is C14H18ClF3N2O. The third kappa shape index (κ3) is 3.80. The molecule has 3 nitrogen and oxygen atoms in total. The summed E-state index contributed by atoms with van der Waals surface area (Å²) in [6.45, 7) is 8.73. The van der Waals surface area contributed by atoms with E-state index < -0.39 is 22.9 Å². The highest BCUT2D eigenvalue weighted by molar-refractivity contribution is 6.33. The average Bonchev–Trinajstić information content (AvgIpc) is 2.22. The van der Waals surface area contributed by atoms with Crippen molar-refractivity contribution in [3.05, 3.63) is 22.8 Å². The monoisotopic (exact) mass is 322 g/mol. The van der Waals surface area contributed by atoms with E-state index in [-0.39, 0.29) is 5.02 Å². The number of hydrogen-bond acceptors (Lipinski definition) is 3. The largest absolute Gasteiger partial charge is 0.417 e. The summed E-state index contributed by atoms with van der Waals surface area (Å²) < 4.78 is 43.9. The lowest BCUT2D eigenvalue weighted by Crippen LogP contribution is -2.57. The molecule has 1 aromatic rings. The highest BCUT2D eigenvalue weighted by Gasteiger charge is 2.39. The maximum atomic E-state index is 12.7. The molecule has 1 saturated heterocycles. The topological polar surface area (TPSA) is 25.4 Å². The Morgan fingerprint density at radius 3 is 2.14 bits per heavy atom. The van der Waals surface area contributed by atoms with Gasteiger partial charge in [0.1, 0.15) is 5.82 Å². The summed E-state index contributed by atoms with van der Waals surface area (Å²) in [7, 11) is 0. The molecule has 2 heterocycles. The molecule has 1 aliphatic rings. The molecule has 0 saturated carbocycles. The van der Waals surface area contributed by atoms with Crippen LogP contribution in [0.4, 0.5) is 19.0 Å². The summed E-state index contributed by atoms with van der Waals surface area (Å²) in [5.41, 5.74) is -1.71. The third-order valence-corrected chi connectivity index (χ3v) is 3.42. The predicted octanol–water partition coefficient (Wildman–Crippen LogP) is 4.15. The van der Waals surface area contributed by atoms with Gasteiger partial charge >= 0.3 is 6.18 Å². The Morgan fingerprint density at radius 2 is 1.71 bits per heavy atom. The lowest BCUT2D eigenvalue weighted by Gasteiger charge is -2.47. The van der Waals surface area contributed by atoms with Crippen molar-refractivity contribution in [1.82, 2.24) is 4.98 Å². The van der Waals surface area contributed by atoms with Crippen LogP contribution in [-0.2, 0) is 10.9 Å². The molecule has 0 N–H and O–H groups in total. The van der Waals surface area contributed by atoms with Gasteiger partial charge in [0.25, 0.3) is 0 Å². The Kier molecular flexibility index (Phi) is 3.91. The van der Waals surface area contributed by atoms with Crippen LogP contribution < -0.4 is 4.90 Å². The highest BCUT2D eigenvalue weighted by Crippen LogP contribution is 2.36. The number of hydrogen-bond donors (Lipinski definition) is 0. The number of rotatable bonds is 1. The van der Waals surface area contributed by atoms with E-state index in [0.29, 0.717) is 18.9 Å². The van der Waals surface area contributed by atoms with Gasteiger partial charge in [0.05, 0.1) is 21.8 Å². The first-order chi connectivity index (χ1) is 9.40. The molecule has 2 rings (SSSR count). The normalized spacial score (nSPS) is 21.4. The van der Waals surface area contributed by atoms with Gasteiger partial charge in [-0.15, -0.1) is 0 Å². The molecule has 7 heteroatoms. The highest BCUT2D eigenvalue weighted by atomic mass is 35.5. The number of aromatic nitrogens is 1. The summed E-state index contributed by atoms with van der Waals surface area (Å²) >= 11 is 6.01. The van der Waals surface area contributed by atoms with E-state index in [0.717, 1.165) is 12.3 Å². The van der Waals surface area contributed by atoms with Crippen LogP contribution in [0.3, 0.4) is 0 Å². The number of pyridine rings is 1. The predicted molar refractivity (Wildman–Crippen MR) is 75.7 cm³/mol. The van der Waals surface area contributed by atoms with Gasteiger partial charge in [-0.2, -0.15) is 13.2 Å². The first-order valence-corrected chi connectivity index (χ1v) is 6.95. The van der Waals surface area contributed by atoms with Crippen LogP contribution in [0.25, 0.3) is 0 Å². The van der Waals surface area contributed by atoms with Crippen molar-refractivity contribution in [2.24, 2.45) is 0 Å². The van der Waals surface area contributed by atoms with E-state index in [9.17, 15) is 13.2 Å². The van der Waals surface area contributed by atoms with Crippen LogP contribution in [-0.4, -0.2) is 29.3 Å². The smallest absolute Gasteiger partial charge is 0.366 e. The Morgan fingerprint density at radius 1 is 1.19 bits per heavy atom. The molecule has 0 radical (unpaired) electrons. The fourth-order valence-corrected chi connectivity index (χ4v) is 3.04. The second kappa shape index (κ2) is 5.02. The van der Waals surface area contributed by atoms with Gasteiger partial charge < -0.3 is 9.64 Å². The van der Waals surface area contributed by atoms with Crippen LogP contribution in [0.5, 0.6) is 0 Å². The first-order valence-electron chi connectivity index (χ1n) is 6.58. The van der Waals surface area contributed by atoms with Gasteiger partial charge in [-0.05, 0) is 33.8 Å². The fourth-order valence-electron chi connectivity index (χ4n) is 2.76. The molecule has 1 aromatic heterocycles. The van der Waals surface area contributed by atoms with Gasteiger partial charge in [0, 0.05) is 19.3 Å². The van der Waals surface area contributed by atoms with E-state index in [4.69, 9.17) is 16.3 Å². The lowest BCUT2D eigenvalue weighted by molar-refractivity contribution is -0.138. The van der Waals surface area contributed by atoms with Crippen LogP contribution >= 0.6 is 11.6 Å². The summed E-state index contributed by atoms with van der Waals surface area (Å²) in [6, 6.07) is 0.916. The second-order valence-corrected chi connectivity index (χ2v) is 6.91. The first kappa shape index (κ1) is 16.4. The molecule has 0 bridgehead atoms. The zero-order chi connectivity index (χ0) is 16.1. The molecule has 0 spiro atoms. The maximum Gasteiger partial charge on any atom is 0.417 e. The van der Waals surface area contributed by atoms with E-state index in [1.54, 1.807) is 0 Å².